The minimum Gasteiger partial charge on any atom is -0.356 e. The summed E-state index contributed by atoms with van der Waals surface area (Å²) in [7, 11) is 0. The molecule has 3 N–H and O–H groups in total. The fourth-order valence-electron chi connectivity index (χ4n) is 3.86. The molecule has 0 radical (unpaired) electrons. The van der Waals surface area contributed by atoms with Gasteiger partial charge in [-0.2, -0.15) is 0 Å². The molecule has 0 aromatic heterocycles. The van der Waals surface area contributed by atoms with Gasteiger partial charge in [0.15, 0.2) is 0 Å². The van der Waals surface area contributed by atoms with Gasteiger partial charge in [0.25, 0.3) is 0 Å². The average molecular weight is 295 g/mol. The van der Waals surface area contributed by atoms with Gasteiger partial charge in [-0.3, -0.25) is 4.79 Å². The molecule has 4 heteroatoms. The number of hydrogen-bond donors (Lipinski definition) is 2. The van der Waals surface area contributed by atoms with Crippen LogP contribution in [-0.4, -0.2) is 42.5 Å². The predicted octanol–water partition coefficient (Wildman–Crippen LogP) is 2.13. The number of amides is 1. The number of piperidine rings is 1. The van der Waals surface area contributed by atoms with Gasteiger partial charge in [-0.25, -0.2) is 0 Å². The molecule has 4 nitrogen and oxygen atoms in total. The Morgan fingerprint density at radius 2 is 2.00 bits per heavy atom. The quantitative estimate of drug-likeness (QED) is 0.764. The normalized spacial score (nSPS) is 34.6. The molecule has 1 aliphatic heterocycles. The van der Waals surface area contributed by atoms with Crippen LogP contribution in [-0.2, 0) is 4.79 Å². The summed E-state index contributed by atoms with van der Waals surface area (Å²) in [6, 6.07) is 0.753. The molecule has 122 valence electrons. The molecule has 0 aromatic carbocycles. The van der Waals surface area contributed by atoms with Crippen LogP contribution in [0.25, 0.3) is 0 Å². The second kappa shape index (κ2) is 8.14. The van der Waals surface area contributed by atoms with Crippen LogP contribution < -0.4 is 11.1 Å². The summed E-state index contributed by atoms with van der Waals surface area (Å²) in [4.78, 5) is 14.8. The van der Waals surface area contributed by atoms with E-state index in [2.05, 4.69) is 24.1 Å². The van der Waals surface area contributed by atoms with Crippen molar-refractivity contribution in [2.24, 2.45) is 17.6 Å². The lowest BCUT2D eigenvalue weighted by Crippen LogP contribution is -2.48. The Morgan fingerprint density at radius 1 is 1.19 bits per heavy atom. The Kier molecular flexibility index (Phi) is 6.49. The third-order valence-corrected chi connectivity index (χ3v) is 5.49. The van der Waals surface area contributed by atoms with Crippen LogP contribution >= 0.6 is 0 Å². The van der Waals surface area contributed by atoms with Gasteiger partial charge in [-0.15, -0.1) is 0 Å². The highest BCUT2D eigenvalue weighted by molar-refractivity contribution is 5.79. The molecule has 1 heterocycles. The van der Waals surface area contributed by atoms with Crippen LogP contribution in [0.15, 0.2) is 0 Å². The lowest BCUT2D eigenvalue weighted by molar-refractivity contribution is -0.127. The van der Waals surface area contributed by atoms with Crippen molar-refractivity contribution in [3.63, 3.8) is 0 Å². The number of hydrogen-bond acceptors (Lipinski definition) is 3. The molecule has 2 rings (SSSR count). The Labute approximate surface area is 129 Å². The third kappa shape index (κ3) is 4.68. The lowest BCUT2D eigenvalue weighted by atomic mass is 9.78. The number of nitrogens with zero attached hydrogens (tertiary/aromatic N) is 1. The standard InChI is InChI=1S/C17H33N3O/c1-13-7-5-9-15(16(13)18)17(21)19-10-6-12-20-11-4-3-8-14(20)2/h13-16H,3-12,18H2,1-2H3,(H,19,21). The van der Waals surface area contributed by atoms with Crippen molar-refractivity contribution in [1.29, 1.82) is 0 Å². The zero-order valence-electron chi connectivity index (χ0n) is 13.8. The summed E-state index contributed by atoms with van der Waals surface area (Å²) in [5.41, 5.74) is 6.19. The molecule has 2 fully saturated rings. The SMILES string of the molecule is CC1CCCC(C(=O)NCCCN2CCCCC2C)C1N. The largest absolute Gasteiger partial charge is 0.356 e. The Bertz CT molecular complexity index is 334. The fraction of sp³-hybridized carbons (Fsp3) is 0.941. The molecule has 1 saturated heterocycles. The van der Waals surface area contributed by atoms with E-state index in [1.54, 1.807) is 0 Å². The highest BCUT2D eigenvalue weighted by Crippen LogP contribution is 2.27. The molecular formula is C17H33N3O. The minimum absolute atomic E-state index is 0.0302. The van der Waals surface area contributed by atoms with Crippen LogP contribution in [0.2, 0.25) is 0 Å². The first-order chi connectivity index (χ1) is 10.1. The van der Waals surface area contributed by atoms with Gasteiger partial charge in [-0.05, 0) is 51.5 Å². The zero-order valence-corrected chi connectivity index (χ0v) is 13.8. The maximum Gasteiger partial charge on any atom is 0.224 e. The smallest absolute Gasteiger partial charge is 0.224 e. The molecule has 4 atom stereocenters. The zero-order chi connectivity index (χ0) is 15.2. The van der Waals surface area contributed by atoms with Gasteiger partial charge in [0.05, 0.1) is 5.92 Å². The molecule has 0 aromatic rings. The van der Waals surface area contributed by atoms with E-state index in [1.807, 2.05) is 0 Å². The second-order valence-electron chi connectivity index (χ2n) is 7.12. The Morgan fingerprint density at radius 3 is 2.76 bits per heavy atom. The van der Waals surface area contributed by atoms with Crippen LogP contribution in [0.1, 0.15) is 58.8 Å². The first-order valence-corrected chi connectivity index (χ1v) is 8.87. The predicted molar refractivity (Wildman–Crippen MR) is 87.0 cm³/mol. The topological polar surface area (TPSA) is 58.4 Å². The average Bonchev–Trinajstić information content (AvgIpc) is 2.48. The van der Waals surface area contributed by atoms with E-state index in [-0.39, 0.29) is 17.9 Å². The van der Waals surface area contributed by atoms with Crippen molar-refractivity contribution in [3.8, 4) is 0 Å². The van der Waals surface area contributed by atoms with Crippen LogP contribution in [0.4, 0.5) is 0 Å². The van der Waals surface area contributed by atoms with Crippen LogP contribution in [0.3, 0.4) is 0 Å². The van der Waals surface area contributed by atoms with Gasteiger partial charge >= 0.3 is 0 Å². The highest BCUT2D eigenvalue weighted by atomic mass is 16.1. The molecule has 21 heavy (non-hydrogen) atoms. The van der Waals surface area contributed by atoms with E-state index >= 15 is 0 Å². The van der Waals surface area contributed by atoms with Gasteiger partial charge < -0.3 is 16.0 Å². The number of nitrogens with one attached hydrogen (secondary N) is 1. The minimum atomic E-state index is 0.0302. The van der Waals surface area contributed by atoms with Crippen molar-refractivity contribution in [2.45, 2.75) is 70.9 Å². The van der Waals surface area contributed by atoms with Crippen molar-refractivity contribution in [2.75, 3.05) is 19.6 Å². The molecule has 2 aliphatic rings. The fourth-order valence-corrected chi connectivity index (χ4v) is 3.86. The van der Waals surface area contributed by atoms with Gasteiger partial charge in [0.1, 0.15) is 0 Å². The number of likely N-dealkylation sites (tertiary alicyclic amines) is 1. The summed E-state index contributed by atoms with van der Waals surface area (Å²) in [5.74, 6) is 0.687. The van der Waals surface area contributed by atoms with Crippen LogP contribution in [0.5, 0.6) is 0 Å². The third-order valence-electron chi connectivity index (χ3n) is 5.49. The van der Waals surface area contributed by atoms with Gasteiger partial charge in [0, 0.05) is 25.2 Å². The van der Waals surface area contributed by atoms with Crippen molar-refractivity contribution >= 4 is 5.91 Å². The summed E-state index contributed by atoms with van der Waals surface area (Å²) in [5, 5.41) is 3.11. The second-order valence-corrected chi connectivity index (χ2v) is 7.12. The van der Waals surface area contributed by atoms with E-state index in [0.717, 1.165) is 38.8 Å². The lowest BCUT2D eigenvalue weighted by Gasteiger charge is -2.34. The maximum absolute atomic E-state index is 12.3. The van der Waals surface area contributed by atoms with Gasteiger partial charge in [0.2, 0.25) is 5.91 Å². The number of rotatable bonds is 5. The molecule has 1 aliphatic carbocycles. The first-order valence-electron chi connectivity index (χ1n) is 8.87. The van der Waals surface area contributed by atoms with E-state index in [1.165, 1.54) is 25.8 Å². The van der Waals surface area contributed by atoms with Crippen molar-refractivity contribution in [3.05, 3.63) is 0 Å². The monoisotopic (exact) mass is 295 g/mol. The van der Waals surface area contributed by atoms with E-state index in [9.17, 15) is 4.79 Å². The maximum atomic E-state index is 12.3. The molecule has 4 unspecified atom stereocenters. The van der Waals surface area contributed by atoms with Gasteiger partial charge in [-0.1, -0.05) is 19.8 Å². The Hall–Kier alpha value is -0.610. The van der Waals surface area contributed by atoms with E-state index in [0.29, 0.717) is 12.0 Å². The first kappa shape index (κ1) is 16.8. The summed E-state index contributed by atoms with van der Waals surface area (Å²) in [6.07, 6.45) is 8.32. The van der Waals surface area contributed by atoms with Crippen molar-refractivity contribution < 1.29 is 4.79 Å². The highest BCUT2D eigenvalue weighted by Gasteiger charge is 2.32. The summed E-state index contributed by atoms with van der Waals surface area (Å²) >= 11 is 0. The van der Waals surface area contributed by atoms with Crippen molar-refractivity contribution in [1.82, 2.24) is 10.2 Å². The molecule has 1 saturated carbocycles. The number of nitrogens with two attached hydrogens (primary N) is 1. The summed E-state index contributed by atoms with van der Waals surface area (Å²) in [6.45, 7) is 7.61. The molecule has 0 spiro atoms. The number of carbonyl (C=O) groups excluding carboxylic acids is 1. The molecular weight excluding hydrogens is 262 g/mol. The number of carbonyl (C=O) groups is 1. The molecule has 0 bridgehead atoms. The van der Waals surface area contributed by atoms with Crippen LogP contribution in [0, 0.1) is 11.8 Å². The molecule has 1 amide bonds. The summed E-state index contributed by atoms with van der Waals surface area (Å²) < 4.78 is 0. The van der Waals surface area contributed by atoms with E-state index in [4.69, 9.17) is 5.73 Å². The van der Waals surface area contributed by atoms with E-state index < -0.39 is 0 Å². The Balaban J connectivity index is 1.64.